The van der Waals surface area contributed by atoms with Crippen LogP contribution in [-0.2, 0) is 0 Å². The fourth-order valence-electron chi connectivity index (χ4n) is 3.47. The van der Waals surface area contributed by atoms with E-state index in [-0.39, 0.29) is 0 Å². The van der Waals surface area contributed by atoms with Gasteiger partial charge in [0.15, 0.2) is 0 Å². The highest BCUT2D eigenvalue weighted by Gasteiger charge is 2.24. The first-order valence-corrected chi connectivity index (χ1v) is 8.66. The minimum atomic E-state index is 0.637. The summed E-state index contributed by atoms with van der Waals surface area (Å²) in [6.07, 6.45) is 13.6. The molecule has 1 saturated carbocycles. The molecule has 1 fully saturated rings. The van der Waals surface area contributed by atoms with Crippen LogP contribution in [0.1, 0.15) is 66.9 Å². The van der Waals surface area contributed by atoms with Crippen molar-refractivity contribution in [3.63, 3.8) is 0 Å². The van der Waals surface area contributed by atoms with Crippen molar-refractivity contribution in [1.29, 1.82) is 0 Å². The van der Waals surface area contributed by atoms with Gasteiger partial charge in [-0.25, -0.2) is 0 Å². The van der Waals surface area contributed by atoms with Gasteiger partial charge in [0.1, 0.15) is 6.29 Å². The predicted octanol–water partition coefficient (Wildman–Crippen LogP) is 5.74. The maximum atomic E-state index is 11.0. The molecule has 0 amide bonds. The molecule has 1 atom stereocenters. The average molecular weight is 294 g/mol. The Morgan fingerprint density at radius 2 is 2.00 bits per heavy atom. The van der Waals surface area contributed by atoms with Gasteiger partial charge < -0.3 is 0 Å². The quantitative estimate of drug-likeness (QED) is 0.612. The first-order chi connectivity index (χ1) is 10.7. The van der Waals surface area contributed by atoms with Crippen LogP contribution in [-0.4, -0.2) is 6.29 Å². The molecule has 1 aromatic carbocycles. The Balaban J connectivity index is 1.80. The molecule has 116 valence electrons. The van der Waals surface area contributed by atoms with Crippen molar-refractivity contribution in [2.45, 2.75) is 52.4 Å². The number of benzene rings is 1. The monoisotopic (exact) mass is 294 g/mol. The molecule has 0 heterocycles. The van der Waals surface area contributed by atoms with Crippen LogP contribution in [0.15, 0.2) is 35.9 Å². The van der Waals surface area contributed by atoms with E-state index in [1.807, 2.05) is 13.0 Å². The van der Waals surface area contributed by atoms with Crippen LogP contribution in [0.2, 0.25) is 0 Å². The summed E-state index contributed by atoms with van der Waals surface area (Å²) in [5, 5.41) is 0. The molecular formula is C21H26O. The molecule has 1 nitrogen and oxygen atoms in total. The van der Waals surface area contributed by atoms with E-state index < -0.39 is 0 Å². The second-order valence-electron chi connectivity index (χ2n) is 6.97. The third-order valence-electron chi connectivity index (χ3n) is 5.13. The van der Waals surface area contributed by atoms with E-state index in [0.29, 0.717) is 5.92 Å². The number of allylic oxidation sites excluding steroid dienone is 4. The first-order valence-electron chi connectivity index (χ1n) is 8.66. The molecule has 1 aromatic rings. The lowest BCUT2D eigenvalue weighted by Gasteiger charge is -2.23. The second kappa shape index (κ2) is 6.64. The highest BCUT2D eigenvalue weighted by atomic mass is 16.1. The normalized spacial score (nSPS) is 19.4. The maximum absolute atomic E-state index is 11.0. The van der Waals surface area contributed by atoms with Gasteiger partial charge in [0.05, 0.1) is 0 Å². The van der Waals surface area contributed by atoms with Gasteiger partial charge in [-0.2, -0.15) is 0 Å². The van der Waals surface area contributed by atoms with Crippen molar-refractivity contribution in [2.24, 2.45) is 11.8 Å². The third-order valence-corrected chi connectivity index (χ3v) is 5.13. The number of carbonyl (C=O) groups excluding carboxylic acids is 1. The largest absolute Gasteiger partial charge is 0.298 e. The van der Waals surface area contributed by atoms with Crippen LogP contribution in [0.25, 0.3) is 5.57 Å². The van der Waals surface area contributed by atoms with Crippen LogP contribution in [0.4, 0.5) is 0 Å². The van der Waals surface area contributed by atoms with E-state index >= 15 is 0 Å². The van der Waals surface area contributed by atoms with Gasteiger partial charge in [0, 0.05) is 5.56 Å². The molecule has 2 aliphatic rings. The molecule has 0 radical (unpaired) electrons. The summed E-state index contributed by atoms with van der Waals surface area (Å²) in [4.78, 5) is 11.0. The number of carbonyl (C=O) groups is 1. The summed E-state index contributed by atoms with van der Waals surface area (Å²) in [5.74, 6) is 1.64. The van der Waals surface area contributed by atoms with Crippen molar-refractivity contribution in [1.82, 2.24) is 0 Å². The van der Waals surface area contributed by atoms with Crippen LogP contribution >= 0.6 is 0 Å². The topological polar surface area (TPSA) is 17.1 Å². The molecule has 0 bridgehead atoms. The first kappa shape index (κ1) is 15.3. The molecule has 3 rings (SSSR count). The van der Waals surface area contributed by atoms with Gasteiger partial charge in [-0.05, 0) is 66.7 Å². The Morgan fingerprint density at radius 1 is 1.23 bits per heavy atom. The van der Waals surface area contributed by atoms with E-state index in [0.717, 1.165) is 36.2 Å². The zero-order valence-corrected chi connectivity index (χ0v) is 13.8. The fourth-order valence-corrected chi connectivity index (χ4v) is 3.47. The van der Waals surface area contributed by atoms with Crippen molar-refractivity contribution in [3.8, 4) is 0 Å². The smallest absolute Gasteiger partial charge is 0.150 e. The Kier molecular flexibility index (Phi) is 4.61. The highest BCUT2D eigenvalue weighted by molar-refractivity contribution is 5.83. The van der Waals surface area contributed by atoms with Gasteiger partial charge in [-0.15, -0.1) is 0 Å². The third kappa shape index (κ3) is 3.40. The summed E-state index contributed by atoms with van der Waals surface area (Å²) >= 11 is 0. The molecule has 2 aliphatic carbocycles. The van der Waals surface area contributed by atoms with Gasteiger partial charge in [-0.3, -0.25) is 4.79 Å². The van der Waals surface area contributed by atoms with Crippen molar-refractivity contribution in [3.05, 3.63) is 52.6 Å². The van der Waals surface area contributed by atoms with E-state index in [1.54, 1.807) is 0 Å². The second-order valence-corrected chi connectivity index (χ2v) is 6.97. The minimum absolute atomic E-state index is 0.637. The molecule has 1 unspecified atom stereocenters. The van der Waals surface area contributed by atoms with E-state index in [9.17, 15) is 4.79 Å². The molecule has 0 spiro atoms. The average Bonchev–Trinajstić information content (AvgIpc) is 3.37. The summed E-state index contributed by atoms with van der Waals surface area (Å²) < 4.78 is 0. The van der Waals surface area contributed by atoms with Crippen molar-refractivity contribution < 1.29 is 4.79 Å². The van der Waals surface area contributed by atoms with Crippen LogP contribution in [0.5, 0.6) is 0 Å². The Morgan fingerprint density at radius 3 is 2.68 bits per heavy atom. The summed E-state index contributed by atoms with van der Waals surface area (Å²) in [6.45, 7) is 4.40. The Bertz CT molecular complexity index is 617. The Labute approximate surface area is 134 Å². The summed E-state index contributed by atoms with van der Waals surface area (Å²) in [5.41, 5.74) is 6.06. The molecular weight excluding hydrogens is 268 g/mol. The fraction of sp³-hybridized carbons (Fsp3) is 0.476. The molecule has 0 aromatic heterocycles. The molecule has 0 saturated heterocycles. The number of aryl methyl sites for hydroxylation is 1. The van der Waals surface area contributed by atoms with Gasteiger partial charge >= 0.3 is 0 Å². The molecule has 0 aliphatic heterocycles. The summed E-state index contributed by atoms with van der Waals surface area (Å²) in [7, 11) is 0. The van der Waals surface area contributed by atoms with Crippen molar-refractivity contribution in [2.75, 3.05) is 0 Å². The van der Waals surface area contributed by atoms with Gasteiger partial charge in [0.25, 0.3) is 0 Å². The number of aldehydes is 1. The van der Waals surface area contributed by atoms with Crippen molar-refractivity contribution >= 4 is 11.9 Å². The number of hydrogen-bond donors (Lipinski definition) is 0. The molecule has 0 N–H and O–H groups in total. The zero-order valence-electron chi connectivity index (χ0n) is 13.8. The van der Waals surface area contributed by atoms with E-state index in [2.05, 4.69) is 31.2 Å². The van der Waals surface area contributed by atoms with E-state index in [4.69, 9.17) is 0 Å². The Hall–Kier alpha value is -1.63. The number of rotatable bonds is 6. The zero-order chi connectivity index (χ0) is 15.5. The van der Waals surface area contributed by atoms with Crippen LogP contribution in [0.3, 0.4) is 0 Å². The highest BCUT2D eigenvalue weighted by Crippen LogP contribution is 2.39. The van der Waals surface area contributed by atoms with Gasteiger partial charge in [0.2, 0.25) is 0 Å². The van der Waals surface area contributed by atoms with Gasteiger partial charge in [-0.1, -0.05) is 50.1 Å². The lowest BCUT2D eigenvalue weighted by molar-refractivity contribution is 0.112. The minimum Gasteiger partial charge on any atom is -0.298 e. The lowest BCUT2D eigenvalue weighted by Crippen LogP contribution is -2.06. The SMILES string of the molecule is Cc1cc(C2=CCCC=C2C(C)CCC2CC2)ccc1C=O. The predicted molar refractivity (Wildman–Crippen MR) is 93.0 cm³/mol. The molecule has 1 heteroatoms. The molecule has 22 heavy (non-hydrogen) atoms. The van der Waals surface area contributed by atoms with Crippen LogP contribution < -0.4 is 0 Å². The standard InChI is InChI=1S/C21H26O/c1-15(7-8-17-9-10-17)20-5-3-4-6-21(20)18-11-12-19(14-22)16(2)13-18/h5-6,11-15,17H,3-4,7-10H2,1-2H3. The maximum Gasteiger partial charge on any atom is 0.150 e. The summed E-state index contributed by atoms with van der Waals surface area (Å²) in [6, 6.07) is 6.23. The van der Waals surface area contributed by atoms with Crippen LogP contribution in [0, 0.1) is 18.8 Å². The lowest BCUT2D eigenvalue weighted by atomic mass is 9.82. The number of hydrogen-bond acceptors (Lipinski definition) is 1. The van der Waals surface area contributed by atoms with E-state index in [1.165, 1.54) is 42.4 Å².